The third-order valence-corrected chi connectivity index (χ3v) is 1.92. The predicted octanol–water partition coefficient (Wildman–Crippen LogP) is 3.74. The minimum Gasteiger partial charge on any atom is -0.481 e. The largest absolute Gasteiger partial charge is 0.481 e. The van der Waals surface area contributed by atoms with Gasteiger partial charge in [0.05, 0.1) is 16.2 Å². The predicted molar refractivity (Wildman–Crippen MR) is 98.6 cm³/mol. The van der Waals surface area contributed by atoms with Gasteiger partial charge in [0, 0.05) is 27.8 Å². The Kier molecular flexibility index (Phi) is 21.0. The zero-order valence-corrected chi connectivity index (χ0v) is 19.7. The Hall–Kier alpha value is -0.916. The molecule has 0 atom stereocenters. The molecule has 0 rings (SSSR count). The first kappa shape index (κ1) is 36.1. The molecule has 0 spiro atoms. The minimum absolute atomic E-state index is 0. The molecule has 0 saturated heterocycles. The normalized spacial score (nSPS) is 10.5. The maximum absolute atomic E-state index is 10.0. The second-order valence-corrected chi connectivity index (χ2v) is 8.76. The molecule has 0 aromatic heterocycles. The molecule has 26 heavy (non-hydrogen) atoms. The van der Waals surface area contributed by atoms with Gasteiger partial charge in [0.2, 0.25) is 0 Å². The molecule has 0 bridgehead atoms. The van der Waals surface area contributed by atoms with Crippen molar-refractivity contribution in [2.75, 3.05) is 0 Å². The molecular formula is C18H38O7Ti. The van der Waals surface area contributed by atoms with E-state index >= 15 is 0 Å². The van der Waals surface area contributed by atoms with E-state index in [0.717, 1.165) is 0 Å². The molecule has 0 amide bonds. The van der Waals surface area contributed by atoms with Crippen LogP contribution in [0.15, 0.2) is 0 Å². The molecular weight excluding hydrogens is 376 g/mol. The molecule has 0 aromatic rings. The Morgan fingerprint density at radius 3 is 0.615 bits per heavy atom. The Bertz CT molecular complexity index is 337. The van der Waals surface area contributed by atoms with Crippen molar-refractivity contribution in [3.63, 3.8) is 0 Å². The van der Waals surface area contributed by atoms with E-state index in [9.17, 15) is 14.4 Å². The van der Waals surface area contributed by atoms with Gasteiger partial charge in [0.15, 0.2) is 0 Å². The van der Waals surface area contributed by atoms with Gasteiger partial charge < -0.3 is 20.4 Å². The number of aliphatic hydroxyl groups excluding tert-OH is 1. The summed E-state index contributed by atoms with van der Waals surface area (Å²) in [5.74, 6) is -2.27. The van der Waals surface area contributed by atoms with E-state index in [1.807, 2.05) is 0 Å². The summed E-state index contributed by atoms with van der Waals surface area (Å²) in [5.41, 5.74) is -1.75. The van der Waals surface area contributed by atoms with Crippen LogP contribution in [0.2, 0.25) is 0 Å². The summed E-state index contributed by atoms with van der Waals surface area (Å²) in [6.07, 6.45) is -0.167. The van der Waals surface area contributed by atoms with Gasteiger partial charge >= 0.3 is 17.9 Å². The van der Waals surface area contributed by atoms with Crippen LogP contribution in [0.5, 0.6) is 0 Å². The van der Waals surface area contributed by atoms with Crippen molar-refractivity contribution in [3.05, 3.63) is 0 Å². The smallest absolute Gasteiger partial charge is 0.308 e. The Labute approximate surface area is 173 Å². The van der Waals surface area contributed by atoms with Gasteiger partial charge in [-0.3, -0.25) is 14.4 Å². The van der Waals surface area contributed by atoms with E-state index in [1.165, 1.54) is 0 Å². The van der Waals surface area contributed by atoms with Crippen LogP contribution in [0.4, 0.5) is 0 Å². The van der Waals surface area contributed by atoms with Gasteiger partial charge in [-0.05, 0) is 76.2 Å². The molecule has 0 unspecified atom stereocenters. The van der Waals surface area contributed by atoms with Crippen molar-refractivity contribution < 1.29 is 56.5 Å². The molecule has 0 saturated carbocycles. The first-order valence-electron chi connectivity index (χ1n) is 7.95. The number of hydrogen-bond acceptors (Lipinski definition) is 4. The molecule has 0 aliphatic heterocycles. The SMILES string of the molecule is CC(C)(C)C(=O)O.CC(C)(C)C(=O)O.CC(C)(C)C(=O)O.CC(C)O.[Ti]. The van der Waals surface area contributed by atoms with Gasteiger partial charge in [-0.15, -0.1) is 0 Å². The van der Waals surface area contributed by atoms with E-state index < -0.39 is 34.2 Å². The monoisotopic (exact) mass is 414 g/mol. The average Bonchev–Trinajstić information content (AvgIpc) is 2.25. The quantitative estimate of drug-likeness (QED) is 0.444. The van der Waals surface area contributed by atoms with Gasteiger partial charge in [-0.25, -0.2) is 0 Å². The Morgan fingerprint density at radius 1 is 0.577 bits per heavy atom. The van der Waals surface area contributed by atoms with Crippen LogP contribution in [-0.4, -0.2) is 44.4 Å². The van der Waals surface area contributed by atoms with Crippen molar-refractivity contribution in [2.45, 2.75) is 82.3 Å². The second kappa shape index (κ2) is 15.2. The number of rotatable bonds is 0. The summed E-state index contributed by atoms with van der Waals surface area (Å²) in [4.78, 5) is 30.1. The number of carbonyl (C=O) groups is 3. The fourth-order valence-corrected chi connectivity index (χ4v) is 0. The van der Waals surface area contributed by atoms with Crippen molar-refractivity contribution in [1.82, 2.24) is 0 Å². The second-order valence-electron chi connectivity index (χ2n) is 8.76. The van der Waals surface area contributed by atoms with Crippen LogP contribution in [-0.2, 0) is 36.1 Å². The average molecular weight is 414 g/mol. The van der Waals surface area contributed by atoms with Crippen LogP contribution < -0.4 is 0 Å². The zero-order chi connectivity index (χ0) is 21.8. The summed E-state index contributed by atoms with van der Waals surface area (Å²) < 4.78 is 0. The number of aliphatic hydroxyl groups is 1. The standard InChI is InChI=1S/3C5H10O2.C3H8O.Ti/c3*1-5(2,3)4(6)7;1-3(2)4;/h3*1-3H3,(H,6,7);3-4H,1-2H3;. The summed E-state index contributed by atoms with van der Waals surface area (Å²) in [7, 11) is 0. The van der Waals surface area contributed by atoms with Crippen molar-refractivity contribution in [2.24, 2.45) is 16.2 Å². The number of carboxylic acid groups (broad SMARTS) is 3. The van der Waals surface area contributed by atoms with Crippen LogP contribution >= 0.6 is 0 Å². The summed E-state index contributed by atoms with van der Waals surface area (Å²) in [6, 6.07) is 0. The number of aliphatic carboxylic acids is 3. The maximum atomic E-state index is 10.0. The van der Waals surface area contributed by atoms with Gasteiger partial charge in [0.1, 0.15) is 0 Å². The van der Waals surface area contributed by atoms with Crippen LogP contribution in [0.3, 0.4) is 0 Å². The fourth-order valence-electron chi connectivity index (χ4n) is 0. The van der Waals surface area contributed by atoms with Crippen LogP contribution in [0, 0.1) is 16.2 Å². The van der Waals surface area contributed by atoms with E-state index in [2.05, 4.69) is 0 Å². The molecule has 7 nitrogen and oxygen atoms in total. The molecule has 0 aromatic carbocycles. The summed E-state index contributed by atoms with van der Waals surface area (Å²) in [5, 5.41) is 32.8. The molecule has 4 N–H and O–H groups in total. The molecule has 0 aliphatic carbocycles. The van der Waals surface area contributed by atoms with Crippen molar-refractivity contribution in [1.29, 1.82) is 0 Å². The maximum Gasteiger partial charge on any atom is 0.308 e. The summed E-state index contributed by atoms with van der Waals surface area (Å²) in [6.45, 7) is 18.4. The zero-order valence-electron chi connectivity index (χ0n) is 18.1. The topological polar surface area (TPSA) is 132 Å². The van der Waals surface area contributed by atoms with E-state index in [0.29, 0.717) is 0 Å². The van der Waals surface area contributed by atoms with Gasteiger partial charge in [0.25, 0.3) is 0 Å². The molecule has 0 fully saturated rings. The third-order valence-electron chi connectivity index (χ3n) is 1.92. The molecule has 8 heteroatoms. The third kappa shape index (κ3) is 38.6. The van der Waals surface area contributed by atoms with Crippen LogP contribution in [0.25, 0.3) is 0 Å². The van der Waals surface area contributed by atoms with Crippen LogP contribution in [0.1, 0.15) is 76.2 Å². The van der Waals surface area contributed by atoms with E-state index in [1.54, 1.807) is 76.2 Å². The van der Waals surface area contributed by atoms with Gasteiger partial charge in [-0.2, -0.15) is 0 Å². The van der Waals surface area contributed by atoms with E-state index in [-0.39, 0.29) is 27.8 Å². The molecule has 0 radical (unpaired) electrons. The first-order valence-corrected chi connectivity index (χ1v) is 7.95. The van der Waals surface area contributed by atoms with E-state index in [4.69, 9.17) is 20.4 Å². The number of carboxylic acids is 3. The van der Waals surface area contributed by atoms with Crippen molar-refractivity contribution >= 4 is 17.9 Å². The fraction of sp³-hybridized carbons (Fsp3) is 0.833. The Balaban J connectivity index is -0.0000000759. The first-order chi connectivity index (χ1) is 10.6. The molecule has 156 valence electrons. The molecule has 0 aliphatic rings. The molecule has 0 heterocycles. The Morgan fingerprint density at radius 2 is 0.615 bits per heavy atom. The number of hydrogen-bond donors (Lipinski definition) is 4. The van der Waals surface area contributed by atoms with Gasteiger partial charge in [-0.1, -0.05) is 0 Å². The van der Waals surface area contributed by atoms with Crippen molar-refractivity contribution in [3.8, 4) is 0 Å². The minimum atomic E-state index is -0.757. The summed E-state index contributed by atoms with van der Waals surface area (Å²) >= 11 is 0.